The predicted molar refractivity (Wildman–Crippen MR) is 66.5 cm³/mol. The zero-order chi connectivity index (χ0) is 12.3. The van der Waals surface area contributed by atoms with E-state index in [0.29, 0.717) is 6.42 Å². The molecule has 0 amide bonds. The Hall–Kier alpha value is -1.55. The molecule has 0 aliphatic carbocycles. The average molecular weight is 234 g/mol. The van der Waals surface area contributed by atoms with Crippen LogP contribution in [0.5, 0.6) is 0 Å². The van der Waals surface area contributed by atoms with Crippen molar-refractivity contribution in [3.63, 3.8) is 0 Å². The van der Waals surface area contributed by atoms with Gasteiger partial charge in [0.25, 0.3) is 0 Å². The zero-order valence-corrected chi connectivity index (χ0v) is 10.1. The third-order valence-electron chi connectivity index (χ3n) is 3.18. The quantitative estimate of drug-likeness (QED) is 0.630. The lowest BCUT2D eigenvalue weighted by Crippen LogP contribution is -2.32. The Labute approximate surface area is 101 Å². The van der Waals surface area contributed by atoms with E-state index >= 15 is 0 Å². The number of hydrogen-bond acceptors (Lipinski definition) is 4. The first-order valence-electron chi connectivity index (χ1n) is 5.85. The predicted octanol–water partition coefficient (Wildman–Crippen LogP) is 1.19. The molecule has 0 aromatic heterocycles. The van der Waals surface area contributed by atoms with Gasteiger partial charge in [0.1, 0.15) is 0 Å². The minimum absolute atomic E-state index is 0.150. The van der Waals surface area contributed by atoms with Crippen molar-refractivity contribution in [1.29, 1.82) is 0 Å². The van der Waals surface area contributed by atoms with Crippen LogP contribution < -0.4 is 5.73 Å². The van der Waals surface area contributed by atoms with Gasteiger partial charge in [-0.15, -0.1) is 0 Å². The molecule has 2 N–H and O–H groups in total. The standard InChI is InChI=1S/C13H18N2O2/c1-17-13(16)5-7-15-6-4-10-2-3-12(14)8-11(10)9-15/h2-3,8H,4-7,9,14H2,1H3. The van der Waals surface area contributed by atoms with Crippen molar-refractivity contribution in [1.82, 2.24) is 4.90 Å². The van der Waals surface area contributed by atoms with Gasteiger partial charge < -0.3 is 10.5 Å². The van der Waals surface area contributed by atoms with Gasteiger partial charge in [0.15, 0.2) is 0 Å². The molecule has 1 aromatic rings. The first-order valence-corrected chi connectivity index (χ1v) is 5.85. The number of methoxy groups -OCH3 is 1. The minimum Gasteiger partial charge on any atom is -0.469 e. The van der Waals surface area contributed by atoms with Gasteiger partial charge in [0, 0.05) is 25.3 Å². The Bertz CT molecular complexity index is 418. The number of rotatable bonds is 3. The molecule has 0 bridgehead atoms. The number of nitrogens with two attached hydrogens (primary N) is 1. The van der Waals surface area contributed by atoms with Crippen LogP contribution in [-0.4, -0.2) is 31.1 Å². The maximum Gasteiger partial charge on any atom is 0.306 e. The maximum absolute atomic E-state index is 11.1. The summed E-state index contributed by atoms with van der Waals surface area (Å²) in [6.45, 7) is 2.62. The fourth-order valence-corrected chi connectivity index (χ4v) is 2.18. The van der Waals surface area contributed by atoms with Gasteiger partial charge in [0.2, 0.25) is 0 Å². The van der Waals surface area contributed by atoms with E-state index in [4.69, 9.17) is 5.73 Å². The molecule has 92 valence electrons. The second-order valence-corrected chi connectivity index (χ2v) is 4.38. The Kier molecular flexibility index (Phi) is 3.64. The smallest absolute Gasteiger partial charge is 0.306 e. The normalized spacial score (nSPS) is 15.4. The summed E-state index contributed by atoms with van der Waals surface area (Å²) in [6, 6.07) is 6.07. The molecule has 4 heteroatoms. The van der Waals surface area contributed by atoms with Gasteiger partial charge in [-0.05, 0) is 29.7 Å². The number of ether oxygens (including phenoxy) is 1. The molecule has 1 aliphatic rings. The lowest BCUT2D eigenvalue weighted by Gasteiger charge is -2.28. The Morgan fingerprint density at radius 2 is 2.29 bits per heavy atom. The number of carbonyl (C=O) groups excluding carboxylic acids is 1. The largest absolute Gasteiger partial charge is 0.469 e. The summed E-state index contributed by atoms with van der Waals surface area (Å²) in [5.74, 6) is -0.150. The topological polar surface area (TPSA) is 55.6 Å². The molecule has 2 rings (SSSR count). The van der Waals surface area contributed by atoms with Crippen LogP contribution in [0.25, 0.3) is 0 Å². The van der Waals surface area contributed by atoms with E-state index in [1.54, 1.807) is 0 Å². The highest BCUT2D eigenvalue weighted by Crippen LogP contribution is 2.21. The van der Waals surface area contributed by atoms with Gasteiger partial charge in [-0.25, -0.2) is 0 Å². The molecular formula is C13H18N2O2. The molecule has 4 nitrogen and oxygen atoms in total. The Morgan fingerprint density at radius 1 is 1.47 bits per heavy atom. The maximum atomic E-state index is 11.1. The highest BCUT2D eigenvalue weighted by atomic mass is 16.5. The van der Waals surface area contributed by atoms with Crippen LogP contribution in [0, 0.1) is 0 Å². The molecule has 0 saturated carbocycles. The summed E-state index contributed by atoms with van der Waals surface area (Å²) in [6.07, 6.45) is 1.48. The summed E-state index contributed by atoms with van der Waals surface area (Å²) in [4.78, 5) is 13.3. The van der Waals surface area contributed by atoms with Crippen LogP contribution in [0.15, 0.2) is 18.2 Å². The number of esters is 1. The molecular weight excluding hydrogens is 216 g/mol. The first kappa shape index (κ1) is 11.9. The number of benzene rings is 1. The second-order valence-electron chi connectivity index (χ2n) is 4.38. The van der Waals surface area contributed by atoms with E-state index in [0.717, 1.165) is 31.7 Å². The van der Waals surface area contributed by atoms with Crippen molar-refractivity contribution in [2.75, 3.05) is 25.9 Å². The van der Waals surface area contributed by atoms with Crippen molar-refractivity contribution in [3.05, 3.63) is 29.3 Å². The van der Waals surface area contributed by atoms with E-state index in [-0.39, 0.29) is 5.97 Å². The molecule has 0 radical (unpaired) electrons. The van der Waals surface area contributed by atoms with Crippen LogP contribution in [0.3, 0.4) is 0 Å². The van der Waals surface area contributed by atoms with Gasteiger partial charge in [-0.3, -0.25) is 9.69 Å². The summed E-state index contributed by atoms with van der Waals surface area (Å²) in [7, 11) is 1.43. The van der Waals surface area contributed by atoms with E-state index < -0.39 is 0 Å². The number of carbonyl (C=O) groups is 1. The molecule has 0 fully saturated rings. The van der Waals surface area contributed by atoms with E-state index in [1.165, 1.54) is 18.2 Å². The summed E-state index contributed by atoms with van der Waals surface area (Å²) in [5.41, 5.74) is 9.23. The molecule has 17 heavy (non-hydrogen) atoms. The Balaban J connectivity index is 1.96. The number of nitrogen functional groups attached to an aromatic ring is 1. The zero-order valence-electron chi connectivity index (χ0n) is 10.1. The van der Waals surface area contributed by atoms with Gasteiger partial charge in [-0.2, -0.15) is 0 Å². The van der Waals surface area contributed by atoms with Gasteiger partial charge in [0.05, 0.1) is 13.5 Å². The number of anilines is 1. The molecule has 0 atom stereocenters. The third kappa shape index (κ3) is 2.97. The number of nitrogens with zero attached hydrogens (tertiary/aromatic N) is 1. The van der Waals surface area contributed by atoms with E-state index in [9.17, 15) is 4.79 Å². The highest BCUT2D eigenvalue weighted by molar-refractivity contribution is 5.69. The van der Waals surface area contributed by atoms with Crippen LogP contribution >= 0.6 is 0 Å². The fourth-order valence-electron chi connectivity index (χ4n) is 2.18. The lowest BCUT2D eigenvalue weighted by atomic mass is 9.99. The number of fused-ring (bicyclic) bond motifs is 1. The van der Waals surface area contributed by atoms with E-state index in [1.807, 2.05) is 12.1 Å². The molecule has 1 aliphatic heterocycles. The molecule has 0 saturated heterocycles. The van der Waals surface area contributed by atoms with Crippen molar-refractivity contribution in [2.24, 2.45) is 0 Å². The third-order valence-corrected chi connectivity index (χ3v) is 3.18. The van der Waals surface area contributed by atoms with Crippen LogP contribution in [-0.2, 0) is 22.5 Å². The van der Waals surface area contributed by atoms with Crippen LogP contribution in [0.1, 0.15) is 17.5 Å². The first-order chi connectivity index (χ1) is 8.19. The molecule has 0 unspecified atom stereocenters. The summed E-state index contributed by atoms with van der Waals surface area (Å²) < 4.78 is 4.64. The highest BCUT2D eigenvalue weighted by Gasteiger charge is 2.16. The fraction of sp³-hybridized carbons (Fsp3) is 0.462. The molecule has 1 heterocycles. The van der Waals surface area contributed by atoms with Gasteiger partial charge in [-0.1, -0.05) is 6.07 Å². The second kappa shape index (κ2) is 5.19. The Morgan fingerprint density at radius 3 is 3.06 bits per heavy atom. The van der Waals surface area contributed by atoms with Crippen molar-refractivity contribution in [2.45, 2.75) is 19.4 Å². The number of hydrogen-bond donors (Lipinski definition) is 1. The summed E-state index contributed by atoms with van der Waals surface area (Å²) >= 11 is 0. The van der Waals surface area contributed by atoms with Crippen molar-refractivity contribution < 1.29 is 9.53 Å². The monoisotopic (exact) mass is 234 g/mol. The van der Waals surface area contributed by atoms with Crippen molar-refractivity contribution in [3.8, 4) is 0 Å². The molecule has 1 aromatic carbocycles. The van der Waals surface area contributed by atoms with Crippen LogP contribution in [0.2, 0.25) is 0 Å². The SMILES string of the molecule is COC(=O)CCN1CCc2ccc(N)cc2C1. The average Bonchev–Trinajstić information content (AvgIpc) is 2.35. The van der Waals surface area contributed by atoms with Crippen molar-refractivity contribution >= 4 is 11.7 Å². The minimum atomic E-state index is -0.150. The van der Waals surface area contributed by atoms with Gasteiger partial charge >= 0.3 is 5.97 Å². The van der Waals surface area contributed by atoms with Crippen LogP contribution in [0.4, 0.5) is 5.69 Å². The summed E-state index contributed by atoms with van der Waals surface area (Å²) in [5, 5.41) is 0. The molecule has 0 spiro atoms. The van der Waals surface area contributed by atoms with E-state index in [2.05, 4.69) is 15.7 Å². The lowest BCUT2D eigenvalue weighted by molar-refractivity contribution is -0.141.